The Hall–Kier alpha value is -2.02. The lowest BCUT2D eigenvalue weighted by molar-refractivity contribution is -0.120. The number of carbonyl (C=O) groups excluding carboxylic acids is 2. The number of amides is 3. The molecule has 0 aromatic carbocycles. The number of carbonyl (C=O) groups is 2. The largest absolute Gasteiger partial charge is 0.328 e. The molecular weight excluding hydrogens is 254 g/mol. The fourth-order valence-corrected chi connectivity index (χ4v) is 1.86. The summed E-state index contributed by atoms with van der Waals surface area (Å²) in [4.78, 5) is 35.7. The van der Waals surface area contributed by atoms with Crippen molar-refractivity contribution in [1.82, 2.24) is 14.2 Å². The minimum absolute atomic E-state index is 0.0492. The average molecular weight is 265 g/mol. The van der Waals surface area contributed by atoms with E-state index in [1.165, 1.54) is 11.1 Å². The van der Waals surface area contributed by atoms with Crippen LogP contribution in [0.15, 0.2) is 35.4 Å². The number of nitrogens with zero attached hydrogens (tertiary/aromatic N) is 2. The van der Waals surface area contributed by atoms with Crippen LogP contribution in [0.5, 0.6) is 0 Å². The van der Waals surface area contributed by atoms with E-state index in [4.69, 9.17) is 0 Å². The highest BCUT2D eigenvalue weighted by Gasteiger charge is 2.26. The van der Waals surface area contributed by atoms with Gasteiger partial charge in [-0.3, -0.25) is 23.8 Å². The summed E-state index contributed by atoms with van der Waals surface area (Å²) in [5.41, 5.74) is 0.467. The molecule has 2 heterocycles. The third-order valence-corrected chi connectivity index (χ3v) is 2.89. The van der Waals surface area contributed by atoms with Crippen LogP contribution in [0.25, 0.3) is 0 Å². The molecule has 94 valence electrons. The van der Waals surface area contributed by atoms with Crippen LogP contribution in [-0.2, 0) is 11.3 Å². The number of hydrogen-bond donors (Lipinski definition) is 2. The molecule has 1 aliphatic rings. The summed E-state index contributed by atoms with van der Waals surface area (Å²) in [7, 11) is 0. The monoisotopic (exact) mass is 265 g/mol. The van der Waals surface area contributed by atoms with Crippen molar-refractivity contribution in [3.63, 3.8) is 0 Å². The molecule has 3 amide bonds. The first kappa shape index (κ1) is 12.4. The molecule has 0 bridgehead atoms. The summed E-state index contributed by atoms with van der Waals surface area (Å²) in [6.07, 6.45) is 1.55. The number of nitrogens with one attached hydrogen (secondary N) is 1. The summed E-state index contributed by atoms with van der Waals surface area (Å²) < 4.78 is 1.13. The molecule has 2 rings (SSSR count). The highest BCUT2D eigenvalue weighted by atomic mass is 32.1. The van der Waals surface area contributed by atoms with Crippen LogP contribution in [-0.4, -0.2) is 20.8 Å². The molecule has 1 fully saturated rings. The van der Waals surface area contributed by atoms with E-state index in [1.807, 2.05) is 0 Å². The molecular formula is C11H11N3O3S. The molecule has 1 N–H and O–H groups in total. The van der Waals surface area contributed by atoms with Gasteiger partial charge >= 0.3 is 6.03 Å². The molecule has 0 aliphatic carbocycles. The Kier molecular flexibility index (Phi) is 3.24. The van der Waals surface area contributed by atoms with Gasteiger partial charge in [-0.2, -0.15) is 0 Å². The van der Waals surface area contributed by atoms with Gasteiger partial charge in [0.1, 0.15) is 0 Å². The maximum Gasteiger partial charge on any atom is 0.328 e. The Labute approximate surface area is 108 Å². The molecule has 7 heteroatoms. The van der Waals surface area contributed by atoms with Gasteiger partial charge in [0.25, 0.3) is 5.56 Å². The van der Waals surface area contributed by atoms with Gasteiger partial charge < -0.3 is 0 Å². The molecule has 1 aromatic rings. The lowest BCUT2D eigenvalue weighted by Crippen LogP contribution is -2.47. The quantitative estimate of drug-likeness (QED) is 0.765. The van der Waals surface area contributed by atoms with Crippen LogP contribution in [0.4, 0.5) is 4.79 Å². The average Bonchev–Trinajstić information content (AvgIpc) is 2.28. The van der Waals surface area contributed by atoms with Crippen molar-refractivity contribution < 1.29 is 9.59 Å². The number of pyridine rings is 1. The second-order valence-corrected chi connectivity index (χ2v) is 4.30. The second-order valence-electron chi connectivity index (χ2n) is 3.87. The fraction of sp³-hybridized carbons (Fsp3) is 0.182. The summed E-state index contributed by atoms with van der Waals surface area (Å²) in [5, 5.41) is 2.17. The SMILES string of the molecule is C=C1CC(=O)NC(=O)N1Cc1cccn(S)c1=O. The minimum atomic E-state index is -0.565. The van der Waals surface area contributed by atoms with Gasteiger partial charge in [0.2, 0.25) is 5.91 Å². The fourth-order valence-electron chi connectivity index (χ4n) is 1.66. The lowest BCUT2D eigenvalue weighted by Gasteiger charge is -2.28. The van der Waals surface area contributed by atoms with Crippen LogP contribution >= 0.6 is 12.8 Å². The minimum Gasteiger partial charge on any atom is -0.293 e. The Morgan fingerprint density at radius 1 is 1.39 bits per heavy atom. The van der Waals surface area contributed by atoms with Crippen molar-refractivity contribution in [3.05, 3.63) is 46.5 Å². The van der Waals surface area contributed by atoms with Crippen molar-refractivity contribution in [2.24, 2.45) is 0 Å². The van der Waals surface area contributed by atoms with Crippen LogP contribution in [0.2, 0.25) is 0 Å². The Balaban J connectivity index is 2.26. The topological polar surface area (TPSA) is 71.4 Å². The van der Waals surface area contributed by atoms with E-state index in [-0.39, 0.29) is 24.4 Å². The highest BCUT2D eigenvalue weighted by Crippen LogP contribution is 2.15. The van der Waals surface area contributed by atoms with E-state index in [0.29, 0.717) is 11.3 Å². The molecule has 1 aliphatic heterocycles. The number of aromatic nitrogens is 1. The third kappa shape index (κ3) is 2.30. The zero-order valence-corrected chi connectivity index (χ0v) is 10.3. The van der Waals surface area contributed by atoms with Crippen molar-refractivity contribution in [2.45, 2.75) is 13.0 Å². The molecule has 0 unspecified atom stereocenters. The molecule has 0 saturated carbocycles. The van der Waals surface area contributed by atoms with Gasteiger partial charge in [0, 0.05) is 17.5 Å². The van der Waals surface area contributed by atoms with Crippen molar-refractivity contribution in [2.75, 3.05) is 0 Å². The highest BCUT2D eigenvalue weighted by molar-refractivity contribution is 7.78. The van der Waals surface area contributed by atoms with E-state index in [0.717, 1.165) is 3.97 Å². The normalized spacial score (nSPS) is 15.8. The van der Waals surface area contributed by atoms with Gasteiger partial charge in [0.05, 0.1) is 13.0 Å². The molecule has 0 spiro atoms. The van der Waals surface area contributed by atoms with Crippen molar-refractivity contribution >= 4 is 24.8 Å². The van der Waals surface area contributed by atoms with E-state index in [1.54, 1.807) is 12.1 Å². The van der Waals surface area contributed by atoms with Gasteiger partial charge in [-0.15, -0.1) is 0 Å². The number of rotatable bonds is 2. The number of hydrogen-bond acceptors (Lipinski definition) is 4. The Morgan fingerprint density at radius 2 is 2.11 bits per heavy atom. The van der Waals surface area contributed by atoms with Crippen LogP contribution in [0.1, 0.15) is 12.0 Å². The molecule has 0 radical (unpaired) electrons. The third-order valence-electron chi connectivity index (χ3n) is 2.57. The van der Waals surface area contributed by atoms with E-state index < -0.39 is 6.03 Å². The molecule has 6 nitrogen and oxygen atoms in total. The zero-order valence-electron chi connectivity index (χ0n) is 9.42. The van der Waals surface area contributed by atoms with Crippen LogP contribution in [0.3, 0.4) is 0 Å². The summed E-state index contributed by atoms with van der Waals surface area (Å²) in [5.74, 6) is -0.388. The summed E-state index contributed by atoms with van der Waals surface area (Å²) >= 11 is 3.95. The van der Waals surface area contributed by atoms with Gasteiger partial charge in [-0.1, -0.05) is 25.5 Å². The van der Waals surface area contributed by atoms with Gasteiger partial charge in [0.15, 0.2) is 0 Å². The predicted octanol–water partition coefficient (Wildman–Crippen LogP) is 0.497. The van der Waals surface area contributed by atoms with Crippen LogP contribution in [0, 0.1) is 0 Å². The van der Waals surface area contributed by atoms with E-state index >= 15 is 0 Å². The second kappa shape index (κ2) is 4.69. The first-order valence-corrected chi connectivity index (χ1v) is 5.58. The molecule has 18 heavy (non-hydrogen) atoms. The number of urea groups is 1. The Morgan fingerprint density at radius 3 is 2.78 bits per heavy atom. The van der Waals surface area contributed by atoms with Crippen molar-refractivity contribution in [1.29, 1.82) is 0 Å². The van der Waals surface area contributed by atoms with Gasteiger partial charge in [-0.05, 0) is 6.07 Å². The molecule has 1 aromatic heterocycles. The Bertz CT molecular complexity index is 573. The number of imide groups is 1. The molecule has 1 saturated heterocycles. The number of thiol groups is 1. The maximum atomic E-state index is 11.8. The standard InChI is InChI=1S/C11H11N3O3S/c1-7-5-9(15)12-11(17)13(7)6-8-3-2-4-14(18)10(8)16/h2-4,18H,1,5-6H2,(H,12,15,17). The predicted molar refractivity (Wildman–Crippen MR) is 67.9 cm³/mol. The maximum absolute atomic E-state index is 11.8. The van der Waals surface area contributed by atoms with Gasteiger partial charge in [-0.25, -0.2) is 4.79 Å². The molecule has 0 atom stereocenters. The van der Waals surface area contributed by atoms with Crippen molar-refractivity contribution in [3.8, 4) is 0 Å². The van der Waals surface area contributed by atoms with E-state index in [2.05, 4.69) is 24.7 Å². The first-order valence-electron chi connectivity index (χ1n) is 5.18. The smallest absolute Gasteiger partial charge is 0.293 e. The zero-order chi connectivity index (χ0) is 13.3. The lowest BCUT2D eigenvalue weighted by atomic mass is 10.2. The summed E-state index contributed by atoms with van der Waals surface area (Å²) in [6, 6.07) is 2.69. The van der Waals surface area contributed by atoms with E-state index in [9.17, 15) is 14.4 Å². The summed E-state index contributed by atoms with van der Waals surface area (Å²) in [6.45, 7) is 3.73. The van der Waals surface area contributed by atoms with Crippen LogP contribution < -0.4 is 10.9 Å². The first-order chi connectivity index (χ1) is 8.49.